The molecule has 0 aliphatic carbocycles. The maximum Gasteiger partial charge on any atom is 0.191 e. The van der Waals surface area contributed by atoms with Crippen LogP contribution in [0.4, 0.5) is 0 Å². The number of aliphatic imine (C=N–C) groups is 1. The highest BCUT2D eigenvalue weighted by molar-refractivity contribution is 14.0. The van der Waals surface area contributed by atoms with Gasteiger partial charge < -0.3 is 15.4 Å². The van der Waals surface area contributed by atoms with Gasteiger partial charge in [0.1, 0.15) is 5.75 Å². The zero-order valence-electron chi connectivity index (χ0n) is 16.8. The van der Waals surface area contributed by atoms with Crippen LogP contribution in [0, 0.1) is 13.8 Å². The molecular formula is C20H31IN4OS. The molecule has 1 aromatic carbocycles. The van der Waals surface area contributed by atoms with Crippen molar-refractivity contribution < 1.29 is 4.74 Å². The molecule has 1 heterocycles. The molecule has 7 heteroatoms. The third-order valence-corrected chi connectivity index (χ3v) is 4.81. The number of hydrogen-bond donors (Lipinski definition) is 2. The maximum atomic E-state index is 5.94. The molecule has 0 saturated carbocycles. The first kappa shape index (κ1) is 23.7. The van der Waals surface area contributed by atoms with E-state index in [9.17, 15) is 0 Å². The van der Waals surface area contributed by atoms with Gasteiger partial charge in [-0.2, -0.15) is 0 Å². The molecule has 0 atom stereocenters. The number of hydrogen-bond acceptors (Lipinski definition) is 4. The van der Waals surface area contributed by atoms with Gasteiger partial charge in [-0.05, 0) is 45.7 Å². The van der Waals surface area contributed by atoms with Crippen molar-refractivity contribution in [2.75, 3.05) is 13.6 Å². The first-order chi connectivity index (χ1) is 12.5. The van der Waals surface area contributed by atoms with Crippen LogP contribution >= 0.6 is 35.3 Å². The summed E-state index contributed by atoms with van der Waals surface area (Å²) in [6.45, 7) is 9.74. The van der Waals surface area contributed by atoms with Crippen molar-refractivity contribution in [3.63, 3.8) is 0 Å². The van der Waals surface area contributed by atoms with Gasteiger partial charge in [-0.25, -0.2) is 4.98 Å². The molecule has 0 spiro atoms. The lowest BCUT2D eigenvalue weighted by atomic mass is 10.1. The van der Waals surface area contributed by atoms with Crippen molar-refractivity contribution in [2.45, 2.75) is 53.2 Å². The highest BCUT2D eigenvalue weighted by Crippen LogP contribution is 2.21. The number of rotatable bonds is 8. The predicted octanol–water partition coefficient (Wildman–Crippen LogP) is 4.46. The van der Waals surface area contributed by atoms with Crippen LogP contribution < -0.4 is 15.4 Å². The van der Waals surface area contributed by atoms with Gasteiger partial charge in [-0.3, -0.25) is 4.99 Å². The summed E-state index contributed by atoms with van der Waals surface area (Å²) in [5.74, 6) is 1.73. The molecule has 0 bridgehead atoms. The van der Waals surface area contributed by atoms with Crippen LogP contribution in [0.15, 0.2) is 28.6 Å². The Bertz CT molecular complexity index is 731. The van der Waals surface area contributed by atoms with Crippen LogP contribution in [0.3, 0.4) is 0 Å². The molecular weight excluding hydrogens is 471 g/mol. The van der Waals surface area contributed by atoms with E-state index in [1.165, 1.54) is 10.6 Å². The second-order valence-electron chi connectivity index (χ2n) is 6.62. The van der Waals surface area contributed by atoms with Gasteiger partial charge in [0.25, 0.3) is 0 Å². The Balaban J connectivity index is 0.00000364. The zero-order valence-corrected chi connectivity index (χ0v) is 20.0. The number of guanidine groups is 1. The van der Waals surface area contributed by atoms with Crippen molar-refractivity contribution in [3.8, 4) is 5.75 Å². The first-order valence-corrected chi connectivity index (χ1v) is 9.97. The van der Waals surface area contributed by atoms with E-state index in [1.54, 1.807) is 18.4 Å². The molecule has 0 unspecified atom stereocenters. The van der Waals surface area contributed by atoms with Gasteiger partial charge in [0.15, 0.2) is 5.96 Å². The molecule has 150 valence electrons. The fourth-order valence-corrected chi connectivity index (χ4v) is 3.35. The van der Waals surface area contributed by atoms with E-state index in [0.717, 1.165) is 42.4 Å². The summed E-state index contributed by atoms with van der Waals surface area (Å²) in [5, 5.41) is 10.0. The molecule has 2 N–H and O–H groups in total. The smallest absolute Gasteiger partial charge is 0.191 e. The summed E-state index contributed by atoms with van der Waals surface area (Å²) in [6, 6.07) is 6.30. The number of thiazole rings is 1. The van der Waals surface area contributed by atoms with Crippen LogP contribution in [0.25, 0.3) is 0 Å². The first-order valence-electron chi connectivity index (χ1n) is 9.09. The van der Waals surface area contributed by atoms with Crippen molar-refractivity contribution in [3.05, 3.63) is 45.4 Å². The Morgan fingerprint density at radius 1 is 1.26 bits per heavy atom. The molecule has 0 aliphatic rings. The summed E-state index contributed by atoms with van der Waals surface area (Å²) in [4.78, 5) is 8.80. The minimum Gasteiger partial charge on any atom is -0.491 e. The Kier molecular flexibility index (Phi) is 10.7. The quantitative estimate of drug-likeness (QED) is 0.242. The highest BCUT2D eigenvalue weighted by atomic mass is 127. The van der Waals surface area contributed by atoms with Crippen LogP contribution in [0.2, 0.25) is 0 Å². The van der Waals surface area contributed by atoms with E-state index < -0.39 is 0 Å². The van der Waals surface area contributed by atoms with Gasteiger partial charge in [-0.15, -0.1) is 35.3 Å². The van der Waals surface area contributed by atoms with Gasteiger partial charge in [-0.1, -0.05) is 12.1 Å². The molecule has 0 aliphatic heterocycles. The van der Waals surface area contributed by atoms with Gasteiger partial charge in [0, 0.05) is 43.2 Å². The third kappa shape index (κ3) is 8.47. The third-order valence-electron chi connectivity index (χ3n) is 3.78. The fraction of sp³-hybridized carbons (Fsp3) is 0.500. The summed E-state index contributed by atoms with van der Waals surface area (Å²) >= 11 is 1.73. The summed E-state index contributed by atoms with van der Waals surface area (Å²) in [6.07, 6.45) is 2.18. The number of halogens is 1. The van der Waals surface area contributed by atoms with Crippen LogP contribution in [-0.4, -0.2) is 30.6 Å². The second kappa shape index (κ2) is 12.2. The topological polar surface area (TPSA) is 58.5 Å². The second-order valence-corrected chi connectivity index (χ2v) is 7.56. The Hall–Kier alpha value is -1.35. The van der Waals surface area contributed by atoms with E-state index in [4.69, 9.17) is 4.74 Å². The Morgan fingerprint density at radius 2 is 2.04 bits per heavy atom. The van der Waals surface area contributed by atoms with Crippen LogP contribution in [0.5, 0.6) is 5.75 Å². The standard InChI is InChI=1S/C20H30N4OS.HI/c1-14(2)25-18-11-15(3)8-9-17(18)12-23-20(21-5)22-10-6-7-19-24-16(4)13-26-19;/h8-9,11,13-14H,6-7,10,12H2,1-5H3,(H2,21,22,23);1H. The molecule has 0 fully saturated rings. The molecule has 0 radical (unpaired) electrons. The van der Waals surface area contributed by atoms with Gasteiger partial charge >= 0.3 is 0 Å². The highest BCUT2D eigenvalue weighted by Gasteiger charge is 2.07. The molecule has 5 nitrogen and oxygen atoms in total. The van der Waals surface area contributed by atoms with Crippen LogP contribution in [-0.2, 0) is 13.0 Å². The van der Waals surface area contributed by atoms with E-state index in [0.29, 0.717) is 6.54 Å². The predicted molar refractivity (Wildman–Crippen MR) is 126 cm³/mol. The van der Waals surface area contributed by atoms with Crippen molar-refractivity contribution in [2.24, 2.45) is 4.99 Å². The monoisotopic (exact) mass is 502 g/mol. The van der Waals surface area contributed by atoms with Gasteiger partial charge in [0.05, 0.1) is 11.1 Å². The van der Waals surface area contributed by atoms with Crippen LogP contribution in [0.1, 0.15) is 42.1 Å². The molecule has 2 aromatic rings. The van der Waals surface area contributed by atoms with Crippen molar-refractivity contribution in [1.82, 2.24) is 15.6 Å². The number of nitrogens with zero attached hydrogens (tertiary/aromatic N) is 2. The maximum absolute atomic E-state index is 5.94. The van der Waals surface area contributed by atoms with Crippen molar-refractivity contribution in [1.29, 1.82) is 0 Å². The number of benzene rings is 1. The fourth-order valence-electron chi connectivity index (χ4n) is 2.53. The lowest BCUT2D eigenvalue weighted by molar-refractivity contribution is 0.239. The molecule has 27 heavy (non-hydrogen) atoms. The normalized spacial score (nSPS) is 11.3. The van der Waals surface area contributed by atoms with E-state index >= 15 is 0 Å². The lowest BCUT2D eigenvalue weighted by Crippen LogP contribution is -2.37. The average Bonchev–Trinajstić information content (AvgIpc) is 3.00. The largest absolute Gasteiger partial charge is 0.491 e. The SMILES string of the molecule is CN=C(NCCCc1nc(C)cs1)NCc1ccc(C)cc1OC(C)C.I. The summed E-state index contributed by atoms with van der Waals surface area (Å²) in [5.41, 5.74) is 3.43. The number of ether oxygens (including phenoxy) is 1. The summed E-state index contributed by atoms with van der Waals surface area (Å²) in [7, 11) is 1.79. The number of nitrogens with one attached hydrogen (secondary N) is 2. The van der Waals surface area contributed by atoms with Crippen molar-refractivity contribution >= 4 is 41.3 Å². The van der Waals surface area contributed by atoms with Gasteiger partial charge in [0.2, 0.25) is 0 Å². The minimum absolute atomic E-state index is 0. The lowest BCUT2D eigenvalue weighted by Gasteiger charge is -2.17. The molecule has 0 amide bonds. The van der Waals surface area contributed by atoms with E-state index in [1.807, 2.05) is 20.8 Å². The van der Waals surface area contributed by atoms with E-state index in [2.05, 4.69) is 51.1 Å². The number of aromatic nitrogens is 1. The minimum atomic E-state index is 0. The Labute approximate surface area is 184 Å². The average molecular weight is 502 g/mol. The number of aryl methyl sites for hydroxylation is 3. The zero-order chi connectivity index (χ0) is 18.9. The molecule has 1 aromatic heterocycles. The summed E-state index contributed by atoms with van der Waals surface area (Å²) < 4.78 is 5.94. The van der Waals surface area contributed by atoms with E-state index in [-0.39, 0.29) is 30.1 Å². The molecule has 0 saturated heterocycles. The Morgan fingerprint density at radius 3 is 2.67 bits per heavy atom. The molecule has 2 rings (SSSR count).